The van der Waals surface area contributed by atoms with E-state index < -0.39 is 11.8 Å². The summed E-state index contributed by atoms with van der Waals surface area (Å²) >= 11 is 5.93. The molecule has 1 aliphatic carbocycles. The first kappa shape index (κ1) is 25.7. The van der Waals surface area contributed by atoms with Crippen LogP contribution in [0.3, 0.4) is 0 Å². The zero-order valence-corrected chi connectivity index (χ0v) is 20.3. The molecule has 1 amide bonds. The zero-order chi connectivity index (χ0) is 25.5. The molecule has 0 unspecified atom stereocenters. The highest BCUT2D eigenvalue weighted by Gasteiger charge is 2.28. The second-order valence-electron chi connectivity index (χ2n) is 8.65. The van der Waals surface area contributed by atoms with Crippen LogP contribution in [-0.4, -0.2) is 38.9 Å². The quantitative estimate of drug-likeness (QED) is 0.409. The molecule has 1 aliphatic rings. The van der Waals surface area contributed by atoms with E-state index in [0.717, 1.165) is 35.9 Å². The number of carbonyl (C=O) groups is 2. The van der Waals surface area contributed by atoms with Gasteiger partial charge in [0.2, 0.25) is 11.8 Å². The third kappa shape index (κ3) is 6.83. The van der Waals surface area contributed by atoms with Gasteiger partial charge in [0.15, 0.2) is 5.69 Å². The van der Waals surface area contributed by atoms with E-state index in [9.17, 15) is 19.1 Å². The zero-order valence-electron chi connectivity index (χ0n) is 19.5. The Labute approximate surface area is 213 Å². The molecule has 36 heavy (non-hydrogen) atoms. The van der Waals surface area contributed by atoms with Gasteiger partial charge in [0, 0.05) is 16.7 Å². The molecule has 0 radical (unpaired) electrons. The molecule has 10 heteroatoms. The van der Waals surface area contributed by atoms with Crippen molar-refractivity contribution in [1.82, 2.24) is 15.1 Å². The predicted octanol–water partition coefficient (Wildman–Crippen LogP) is 4.60. The van der Waals surface area contributed by atoms with Crippen LogP contribution in [0.15, 0.2) is 54.6 Å². The van der Waals surface area contributed by atoms with Crippen LogP contribution < -0.4 is 10.1 Å². The van der Waals surface area contributed by atoms with Crippen LogP contribution >= 0.6 is 11.6 Å². The summed E-state index contributed by atoms with van der Waals surface area (Å²) < 4.78 is 26.9. The lowest BCUT2D eigenvalue weighted by atomic mass is 9.92. The second-order valence-corrected chi connectivity index (χ2v) is 9.08. The van der Waals surface area contributed by atoms with Crippen molar-refractivity contribution in [2.75, 3.05) is 0 Å². The molecule has 4 rings (SSSR count). The minimum Gasteiger partial charge on any atom is -0.476 e. The predicted molar refractivity (Wildman–Crippen MR) is 130 cm³/mol. The van der Waals surface area contributed by atoms with E-state index in [1.807, 2.05) is 30.3 Å². The highest BCUT2D eigenvalue weighted by molar-refractivity contribution is 6.30. The maximum Gasteiger partial charge on any atom is 0.356 e. The van der Waals surface area contributed by atoms with Crippen LogP contribution in [0.25, 0.3) is 0 Å². The summed E-state index contributed by atoms with van der Waals surface area (Å²) in [5.41, 5.74) is 0.965. The summed E-state index contributed by atoms with van der Waals surface area (Å²) in [6, 6.07) is 14.9. The molecule has 8 nitrogen and oxygen atoms in total. The first-order valence-electron chi connectivity index (χ1n) is 11.7. The number of halogens is 2. The van der Waals surface area contributed by atoms with E-state index in [4.69, 9.17) is 21.1 Å². The molecule has 190 valence electrons. The molecule has 2 atom stereocenters. The maximum absolute atomic E-state index is 14.1. The van der Waals surface area contributed by atoms with Gasteiger partial charge in [-0.2, -0.15) is 5.10 Å². The number of aromatic nitrogens is 2. The lowest BCUT2D eigenvalue weighted by molar-refractivity contribution is -0.124. The average molecular weight is 516 g/mol. The molecule has 3 aromatic rings. The van der Waals surface area contributed by atoms with Gasteiger partial charge < -0.3 is 19.9 Å². The minimum absolute atomic E-state index is 0.0300. The number of hydrogen-bond acceptors (Lipinski definition) is 5. The van der Waals surface area contributed by atoms with Crippen molar-refractivity contribution in [1.29, 1.82) is 0 Å². The number of aromatic carboxylic acids is 1. The number of carboxylic acids is 1. The molecule has 0 bridgehead atoms. The molecule has 1 saturated carbocycles. The summed E-state index contributed by atoms with van der Waals surface area (Å²) in [5, 5.41) is 16.7. The Morgan fingerprint density at radius 3 is 2.67 bits per heavy atom. The Balaban J connectivity index is 1.40. The van der Waals surface area contributed by atoms with Gasteiger partial charge in [-0.3, -0.25) is 4.79 Å². The van der Waals surface area contributed by atoms with Gasteiger partial charge >= 0.3 is 5.97 Å². The van der Waals surface area contributed by atoms with Crippen molar-refractivity contribution >= 4 is 23.5 Å². The average Bonchev–Trinajstić information content (AvgIpc) is 3.27. The highest BCUT2D eigenvalue weighted by Crippen LogP contribution is 2.23. The molecule has 2 N–H and O–H groups in total. The summed E-state index contributed by atoms with van der Waals surface area (Å²) in [6.45, 7) is -0.0175. The molecule has 0 spiro atoms. The third-order valence-corrected chi connectivity index (χ3v) is 6.23. The van der Waals surface area contributed by atoms with Crippen molar-refractivity contribution in [3.63, 3.8) is 0 Å². The van der Waals surface area contributed by atoms with Gasteiger partial charge in [0.25, 0.3) is 0 Å². The lowest BCUT2D eigenvalue weighted by Crippen LogP contribution is -2.47. The van der Waals surface area contributed by atoms with Gasteiger partial charge in [-0.15, -0.1) is 0 Å². The summed E-state index contributed by atoms with van der Waals surface area (Å²) in [6.07, 6.45) is 3.48. The maximum atomic E-state index is 14.1. The van der Waals surface area contributed by atoms with Crippen LogP contribution in [0.1, 0.15) is 47.3 Å². The molecule has 1 heterocycles. The van der Waals surface area contributed by atoms with Crippen LogP contribution in [0.4, 0.5) is 4.39 Å². The van der Waals surface area contributed by atoms with Crippen LogP contribution in [0.5, 0.6) is 5.88 Å². The van der Waals surface area contributed by atoms with Crippen molar-refractivity contribution < 1.29 is 28.6 Å². The Kier molecular flexibility index (Phi) is 8.56. The largest absolute Gasteiger partial charge is 0.476 e. The van der Waals surface area contributed by atoms with Crippen molar-refractivity contribution in [3.8, 4) is 5.88 Å². The van der Waals surface area contributed by atoms with Gasteiger partial charge in [-0.25, -0.2) is 13.9 Å². The lowest BCUT2D eigenvalue weighted by Gasteiger charge is -2.32. The monoisotopic (exact) mass is 515 g/mol. The number of nitrogens with one attached hydrogen (secondary N) is 1. The normalized spacial score (nSPS) is 17.5. The first-order chi connectivity index (χ1) is 17.4. The summed E-state index contributed by atoms with van der Waals surface area (Å²) in [5.74, 6) is -2.11. The number of carbonyl (C=O) groups excluding carboxylic acids is 1. The Hall–Kier alpha value is -3.43. The number of carboxylic acid groups (broad SMARTS) is 1. The van der Waals surface area contributed by atoms with E-state index in [-0.39, 0.29) is 48.3 Å². The van der Waals surface area contributed by atoms with Gasteiger partial charge in [-0.1, -0.05) is 54.8 Å². The first-order valence-corrected chi connectivity index (χ1v) is 12.1. The van der Waals surface area contributed by atoms with E-state index in [1.54, 1.807) is 0 Å². The number of nitrogens with zero attached hydrogens (tertiary/aromatic N) is 2. The Morgan fingerprint density at radius 2 is 1.89 bits per heavy atom. The minimum atomic E-state index is -1.27. The Morgan fingerprint density at radius 1 is 1.11 bits per heavy atom. The van der Waals surface area contributed by atoms with Gasteiger partial charge in [0.1, 0.15) is 19.0 Å². The third-order valence-electron chi connectivity index (χ3n) is 5.99. The smallest absolute Gasteiger partial charge is 0.356 e. The van der Waals surface area contributed by atoms with Crippen LogP contribution in [-0.2, 0) is 29.3 Å². The van der Waals surface area contributed by atoms with E-state index in [1.165, 1.54) is 24.3 Å². The Bertz CT molecular complexity index is 1200. The van der Waals surface area contributed by atoms with Crippen molar-refractivity contribution in [2.24, 2.45) is 0 Å². The highest BCUT2D eigenvalue weighted by atomic mass is 35.5. The topological polar surface area (TPSA) is 103 Å². The summed E-state index contributed by atoms with van der Waals surface area (Å²) in [7, 11) is 0. The molecule has 2 aromatic carbocycles. The number of benzene rings is 2. The standard InChI is InChI=1S/C26H27ClFN3O5/c27-19-10-11-20(28)18(12-19)16-36-25-13-22(26(33)34)30-31(25)14-24(32)29-21-8-4-5-9-23(21)35-15-17-6-2-1-3-7-17/h1-3,6-7,10-13,21,23H,4-5,8-9,14-16H2,(H,29,32)(H,33,34)/t21-,23-/m0/s1. The van der Waals surface area contributed by atoms with E-state index in [2.05, 4.69) is 10.4 Å². The molecule has 0 saturated heterocycles. The van der Waals surface area contributed by atoms with E-state index >= 15 is 0 Å². The molecule has 1 aromatic heterocycles. The van der Waals surface area contributed by atoms with Gasteiger partial charge in [-0.05, 0) is 36.6 Å². The fourth-order valence-electron chi connectivity index (χ4n) is 4.17. The molecule has 0 aliphatic heterocycles. The second kappa shape index (κ2) is 12.0. The van der Waals surface area contributed by atoms with Crippen molar-refractivity contribution in [2.45, 2.75) is 57.6 Å². The molecule has 1 fully saturated rings. The van der Waals surface area contributed by atoms with Crippen LogP contribution in [0.2, 0.25) is 5.02 Å². The number of ether oxygens (including phenoxy) is 2. The number of hydrogen-bond donors (Lipinski definition) is 2. The fourth-order valence-corrected chi connectivity index (χ4v) is 4.36. The van der Waals surface area contributed by atoms with E-state index in [0.29, 0.717) is 11.6 Å². The van der Waals surface area contributed by atoms with Gasteiger partial charge in [0.05, 0.1) is 18.8 Å². The SMILES string of the molecule is O=C(Cn1nc(C(=O)O)cc1OCc1cc(Cl)ccc1F)N[C@H]1CCCC[C@@H]1OCc1ccccc1. The number of amides is 1. The molecular formula is C26H27ClFN3O5. The van der Waals surface area contributed by atoms with Crippen LogP contribution in [0, 0.1) is 5.82 Å². The summed E-state index contributed by atoms with van der Waals surface area (Å²) in [4.78, 5) is 24.3. The number of rotatable bonds is 10. The fraction of sp³-hybridized carbons (Fsp3) is 0.346. The molecular weight excluding hydrogens is 489 g/mol. The van der Waals surface area contributed by atoms with Crippen molar-refractivity contribution in [3.05, 3.63) is 82.3 Å².